The van der Waals surface area contributed by atoms with Crippen LogP contribution >= 0.6 is 0 Å². The summed E-state index contributed by atoms with van der Waals surface area (Å²) >= 11 is 0. The van der Waals surface area contributed by atoms with Crippen LogP contribution in [0.15, 0.2) is 12.2 Å². The maximum atomic E-state index is 10.1. The molecule has 0 aromatic rings. The Kier molecular flexibility index (Phi) is 8.89. The summed E-state index contributed by atoms with van der Waals surface area (Å²) in [6, 6.07) is 0. The van der Waals surface area contributed by atoms with Crippen molar-refractivity contribution in [2.45, 2.75) is 0 Å². The maximum Gasteiger partial charge on any atom is 2.00 e. The first-order chi connectivity index (χ1) is 4.16. The van der Waals surface area contributed by atoms with E-state index in [0.29, 0.717) is 6.08 Å². The second-order valence-electron chi connectivity index (χ2n) is 1.19. The van der Waals surface area contributed by atoms with Crippen LogP contribution in [0, 0.1) is 0 Å². The molecule has 0 saturated carbocycles. The van der Waals surface area contributed by atoms with Crippen molar-refractivity contribution >= 4 is 49.7 Å². The number of aliphatic carboxylic acids is 1. The Labute approximate surface area is 90.8 Å². The monoisotopic (exact) mass is 172 g/mol. The van der Waals surface area contributed by atoms with E-state index < -0.39 is 11.9 Å². The van der Waals surface area contributed by atoms with Gasteiger partial charge in [0, 0.05) is 12.2 Å². The number of methoxy groups -OCH3 is 1. The zero-order valence-electron chi connectivity index (χ0n) is 7.53. The number of carbonyl (C=O) groups is 2. The van der Waals surface area contributed by atoms with Crippen LogP contribution in [0.2, 0.25) is 0 Å². The van der Waals surface area contributed by atoms with E-state index >= 15 is 0 Å². The smallest absolute Gasteiger partial charge is 1.00 e. The van der Waals surface area contributed by atoms with Crippen molar-refractivity contribution in [1.29, 1.82) is 0 Å². The van der Waals surface area contributed by atoms with Gasteiger partial charge in [0.1, 0.15) is 0 Å². The molecule has 0 aliphatic rings. The van der Waals surface area contributed by atoms with E-state index in [0.717, 1.165) is 6.08 Å². The molecular formula is C5H8CaO4. The molecule has 0 saturated heterocycles. The molecule has 0 rings (SSSR count). The fourth-order valence-corrected chi connectivity index (χ4v) is 0.207. The van der Waals surface area contributed by atoms with Gasteiger partial charge in [-0.15, -0.1) is 0 Å². The van der Waals surface area contributed by atoms with Gasteiger partial charge in [0.15, 0.2) is 0 Å². The van der Waals surface area contributed by atoms with Crippen molar-refractivity contribution in [2.75, 3.05) is 7.11 Å². The molecule has 0 aliphatic heterocycles. The largest absolute Gasteiger partial charge is 2.00 e. The number of ether oxygens (including phenoxy) is 1. The van der Waals surface area contributed by atoms with E-state index in [1.165, 1.54) is 7.11 Å². The number of carboxylic acid groups (broad SMARTS) is 1. The van der Waals surface area contributed by atoms with Crippen LogP contribution in [-0.4, -0.2) is 61.9 Å². The van der Waals surface area contributed by atoms with E-state index in [1.54, 1.807) is 0 Å². The Morgan fingerprint density at radius 1 is 1.50 bits per heavy atom. The predicted molar refractivity (Wildman–Crippen MR) is 36.8 cm³/mol. The van der Waals surface area contributed by atoms with Crippen molar-refractivity contribution in [3.05, 3.63) is 12.2 Å². The summed E-state index contributed by atoms with van der Waals surface area (Å²) in [5, 5.41) is 7.96. The van der Waals surface area contributed by atoms with Gasteiger partial charge >= 0.3 is 49.7 Å². The summed E-state index contributed by atoms with van der Waals surface area (Å²) < 4.78 is 4.11. The van der Waals surface area contributed by atoms with Crippen LogP contribution < -0.4 is 0 Å². The van der Waals surface area contributed by atoms with Crippen LogP contribution in [0.3, 0.4) is 0 Å². The molecular weight excluding hydrogens is 164 g/mol. The molecule has 0 aromatic heterocycles. The molecule has 4 nitrogen and oxygen atoms in total. The Balaban J connectivity index is -0.000000107. The number of carboxylic acids is 1. The number of hydrogen-bond acceptors (Lipinski definition) is 3. The first-order valence-corrected chi connectivity index (χ1v) is 2.15. The van der Waals surface area contributed by atoms with Gasteiger partial charge in [-0.3, -0.25) is 0 Å². The van der Waals surface area contributed by atoms with Crippen LogP contribution in [0.5, 0.6) is 0 Å². The number of rotatable bonds is 2. The third-order valence-corrected chi connectivity index (χ3v) is 0.563. The number of esters is 1. The van der Waals surface area contributed by atoms with Gasteiger partial charge in [-0.2, -0.15) is 0 Å². The summed E-state index contributed by atoms with van der Waals surface area (Å²) in [5.74, 6) is -1.84. The van der Waals surface area contributed by atoms with Crippen molar-refractivity contribution < 1.29 is 22.3 Å². The van der Waals surface area contributed by atoms with Crippen LogP contribution in [-0.2, 0) is 14.3 Å². The zero-order valence-corrected chi connectivity index (χ0v) is 7.74. The van der Waals surface area contributed by atoms with E-state index in [2.05, 4.69) is 4.74 Å². The van der Waals surface area contributed by atoms with Gasteiger partial charge in [-0.1, -0.05) is 0 Å². The second kappa shape index (κ2) is 7.05. The first-order valence-electron chi connectivity index (χ1n) is 2.15. The molecule has 0 aromatic carbocycles. The molecule has 0 unspecified atom stereocenters. The summed E-state index contributed by atoms with van der Waals surface area (Å²) in [4.78, 5) is 19.9. The van der Waals surface area contributed by atoms with Gasteiger partial charge < -0.3 is 12.7 Å². The van der Waals surface area contributed by atoms with Crippen LogP contribution in [0.25, 0.3) is 0 Å². The fraction of sp³-hybridized carbons (Fsp3) is 0.200. The first kappa shape index (κ1) is 12.6. The Bertz CT molecular complexity index is 160. The molecule has 0 amide bonds. The Hall–Kier alpha value is -0.0603. The fourth-order valence-electron chi connectivity index (χ4n) is 0.207. The Morgan fingerprint density at radius 3 is 2.30 bits per heavy atom. The topological polar surface area (TPSA) is 63.6 Å². The van der Waals surface area contributed by atoms with E-state index in [4.69, 9.17) is 5.11 Å². The SMILES string of the molecule is COC(=O)/C=C/C(=O)O.[Ca+2].[H-].[H-]. The third-order valence-electron chi connectivity index (χ3n) is 0.563. The van der Waals surface area contributed by atoms with E-state index in [1.807, 2.05) is 0 Å². The number of carbonyl (C=O) groups excluding carboxylic acids is 1. The minimum absolute atomic E-state index is 0. The molecule has 0 aliphatic carbocycles. The normalized spacial score (nSPS) is 8.50. The van der Waals surface area contributed by atoms with Gasteiger partial charge in [0.25, 0.3) is 0 Å². The molecule has 0 atom stereocenters. The quantitative estimate of drug-likeness (QED) is 0.351. The molecule has 1 N–H and O–H groups in total. The molecule has 5 heteroatoms. The molecule has 0 spiro atoms. The molecule has 0 radical (unpaired) electrons. The van der Waals surface area contributed by atoms with Crippen molar-refractivity contribution in [3.63, 3.8) is 0 Å². The Morgan fingerprint density at radius 2 is 2.00 bits per heavy atom. The van der Waals surface area contributed by atoms with Gasteiger partial charge in [0.2, 0.25) is 0 Å². The van der Waals surface area contributed by atoms with E-state index in [-0.39, 0.29) is 40.6 Å². The summed E-state index contributed by atoms with van der Waals surface area (Å²) in [5.41, 5.74) is 0. The van der Waals surface area contributed by atoms with Gasteiger partial charge in [-0.25, -0.2) is 9.59 Å². The number of hydrogen-bond donors (Lipinski definition) is 1. The second-order valence-corrected chi connectivity index (χ2v) is 1.19. The molecule has 0 bridgehead atoms. The molecule has 0 heterocycles. The molecule has 54 valence electrons. The minimum Gasteiger partial charge on any atom is -1.00 e. The van der Waals surface area contributed by atoms with Gasteiger partial charge in [-0.05, 0) is 0 Å². The molecule has 0 fully saturated rings. The predicted octanol–water partition coefficient (Wildman–Crippen LogP) is -0.356. The summed E-state index contributed by atoms with van der Waals surface area (Å²) in [6.07, 6.45) is 1.55. The van der Waals surface area contributed by atoms with E-state index in [9.17, 15) is 9.59 Å². The third kappa shape index (κ3) is 7.94. The van der Waals surface area contributed by atoms with Gasteiger partial charge in [0.05, 0.1) is 7.11 Å². The maximum absolute atomic E-state index is 10.1. The van der Waals surface area contributed by atoms with Crippen LogP contribution in [0.1, 0.15) is 2.85 Å². The minimum atomic E-state index is -1.17. The van der Waals surface area contributed by atoms with Crippen molar-refractivity contribution in [3.8, 4) is 0 Å². The average Bonchev–Trinajstić information content (AvgIpc) is 1.83. The zero-order chi connectivity index (χ0) is 7.28. The van der Waals surface area contributed by atoms with Crippen molar-refractivity contribution in [2.24, 2.45) is 0 Å². The summed E-state index contributed by atoms with van der Waals surface area (Å²) in [7, 11) is 1.18. The average molecular weight is 172 g/mol. The van der Waals surface area contributed by atoms with Crippen LogP contribution in [0.4, 0.5) is 0 Å². The standard InChI is InChI=1S/C5H6O4.Ca.2H/c1-9-5(8)3-2-4(6)7;;;/h2-3H,1H3,(H,6,7);;;/q;+2;2*-1/b3-2+;;;. The summed E-state index contributed by atoms with van der Waals surface area (Å²) in [6.45, 7) is 0. The molecule has 10 heavy (non-hydrogen) atoms. The van der Waals surface area contributed by atoms with Crippen molar-refractivity contribution in [1.82, 2.24) is 0 Å².